The smallest absolute Gasteiger partial charge is 0.153 e. The number of fused-ring (bicyclic) bond motifs is 1. The van der Waals surface area contributed by atoms with Crippen molar-refractivity contribution in [2.75, 3.05) is 6.54 Å². The van der Waals surface area contributed by atoms with Gasteiger partial charge < -0.3 is 15.3 Å². The molecule has 1 aromatic heterocycles. The van der Waals surface area contributed by atoms with Crippen LogP contribution >= 0.6 is 11.6 Å². The highest BCUT2D eigenvalue weighted by Gasteiger charge is 2.29. The summed E-state index contributed by atoms with van der Waals surface area (Å²) in [6.45, 7) is 1.99. The van der Waals surface area contributed by atoms with E-state index < -0.39 is 5.60 Å². The van der Waals surface area contributed by atoms with Crippen LogP contribution < -0.4 is 5.73 Å². The predicted octanol–water partition coefficient (Wildman–Crippen LogP) is 2.64. The van der Waals surface area contributed by atoms with Crippen LogP contribution in [0.3, 0.4) is 0 Å². The number of hydrogen-bond donors (Lipinski definition) is 2. The van der Waals surface area contributed by atoms with E-state index >= 15 is 0 Å². The van der Waals surface area contributed by atoms with Gasteiger partial charge in [0.1, 0.15) is 11.4 Å². The average molecular weight is 240 g/mol. The minimum absolute atomic E-state index is 0.126. The van der Waals surface area contributed by atoms with Gasteiger partial charge in [-0.05, 0) is 18.6 Å². The summed E-state index contributed by atoms with van der Waals surface area (Å²) in [5.41, 5.74) is 5.05. The van der Waals surface area contributed by atoms with Crippen LogP contribution in [-0.2, 0) is 5.60 Å². The van der Waals surface area contributed by atoms with Crippen LogP contribution in [0.15, 0.2) is 28.7 Å². The van der Waals surface area contributed by atoms with Crippen LogP contribution in [0.5, 0.6) is 0 Å². The van der Waals surface area contributed by atoms with Crippen molar-refractivity contribution in [3.8, 4) is 0 Å². The zero-order chi connectivity index (χ0) is 11.8. The van der Waals surface area contributed by atoms with Crippen molar-refractivity contribution in [1.29, 1.82) is 0 Å². The molecule has 2 aromatic rings. The molecule has 0 radical (unpaired) electrons. The maximum atomic E-state index is 10.2. The van der Waals surface area contributed by atoms with Crippen molar-refractivity contribution in [3.63, 3.8) is 0 Å². The molecule has 3 nitrogen and oxygen atoms in total. The molecule has 0 bridgehead atoms. The van der Waals surface area contributed by atoms with E-state index in [4.69, 9.17) is 21.8 Å². The molecule has 0 saturated carbocycles. The first-order valence-electron chi connectivity index (χ1n) is 5.21. The zero-order valence-electron chi connectivity index (χ0n) is 9.03. The summed E-state index contributed by atoms with van der Waals surface area (Å²) in [4.78, 5) is 0. The lowest BCUT2D eigenvalue weighted by Gasteiger charge is -2.21. The highest BCUT2D eigenvalue weighted by molar-refractivity contribution is 6.34. The van der Waals surface area contributed by atoms with Crippen molar-refractivity contribution < 1.29 is 9.52 Å². The molecule has 0 saturated heterocycles. The summed E-state index contributed by atoms with van der Waals surface area (Å²) < 4.78 is 5.58. The third-order valence-corrected chi connectivity index (χ3v) is 3.17. The van der Waals surface area contributed by atoms with Gasteiger partial charge in [-0.1, -0.05) is 30.7 Å². The lowest BCUT2D eigenvalue weighted by atomic mass is 9.98. The van der Waals surface area contributed by atoms with Crippen LogP contribution in [0.25, 0.3) is 11.0 Å². The summed E-state index contributed by atoms with van der Waals surface area (Å²) in [5.74, 6) is 0.473. The molecular weight excluding hydrogens is 226 g/mol. The summed E-state index contributed by atoms with van der Waals surface area (Å²) in [5, 5.41) is 11.6. The molecular formula is C12H14ClNO2. The van der Waals surface area contributed by atoms with Gasteiger partial charge in [-0.2, -0.15) is 0 Å². The van der Waals surface area contributed by atoms with Gasteiger partial charge in [0, 0.05) is 11.9 Å². The highest BCUT2D eigenvalue weighted by Crippen LogP contribution is 2.32. The molecule has 0 spiro atoms. The van der Waals surface area contributed by atoms with Gasteiger partial charge >= 0.3 is 0 Å². The molecule has 0 fully saturated rings. The molecule has 2 rings (SSSR count). The maximum absolute atomic E-state index is 10.2. The van der Waals surface area contributed by atoms with Gasteiger partial charge in [-0.15, -0.1) is 0 Å². The molecule has 1 atom stereocenters. The van der Waals surface area contributed by atoms with Crippen LogP contribution in [0.4, 0.5) is 0 Å². The number of benzene rings is 1. The fourth-order valence-corrected chi connectivity index (χ4v) is 1.90. The van der Waals surface area contributed by atoms with E-state index in [2.05, 4.69) is 0 Å². The van der Waals surface area contributed by atoms with Crippen molar-refractivity contribution in [3.05, 3.63) is 35.0 Å². The second kappa shape index (κ2) is 4.09. The largest absolute Gasteiger partial charge is 0.456 e. The number of aliphatic hydroxyl groups is 1. The normalized spacial score (nSPS) is 15.2. The molecule has 0 aliphatic rings. The first-order chi connectivity index (χ1) is 7.60. The number of hydrogen-bond acceptors (Lipinski definition) is 3. The van der Waals surface area contributed by atoms with E-state index in [0.717, 1.165) is 5.39 Å². The molecule has 0 aliphatic heterocycles. The molecule has 86 valence electrons. The van der Waals surface area contributed by atoms with Gasteiger partial charge in [0.05, 0.1) is 5.02 Å². The molecule has 16 heavy (non-hydrogen) atoms. The van der Waals surface area contributed by atoms with E-state index in [1.54, 1.807) is 12.1 Å². The fraction of sp³-hybridized carbons (Fsp3) is 0.333. The SMILES string of the molecule is CCC(O)(CN)c1cc2cccc(Cl)c2o1. The lowest BCUT2D eigenvalue weighted by Crippen LogP contribution is -2.33. The summed E-state index contributed by atoms with van der Waals surface area (Å²) in [7, 11) is 0. The van der Waals surface area contributed by atoms with Crippen molar-refractivity contribution in [2.24, 2.45) is 5.73 Å². The number of furan rings is 1. The molecule has 4 heteroatoms. The Morgan fingerprint density at radius 3 is 2.81 bits per heavy atom. The van der Waals surface area contributed by atoms with Crippen LogP contribution in [0.1, 0.15) is 19.1 Å². The van der Waals surface area contributed by atoms with Crippen LogP contribution in [0, 0.1) is 0 Å². The average Bonchev–Trinajstić information content (AvgIpc) is 2.74. The molecule has 1 aromatic carbocycles. The van der Waals surface area contributed by atoms with Gasteiger partial charge in [-0.25, -0.2) is 0 Å². The van der Waals surface area contributed by atoms with E-state index in [-0.39, 0.29) is 6.54 Å². The number of para-hydroxylation sites is 1. The van der Waals surface area contributed by atoms with Crippen molar-refractivity contribution >= 4 is 22.6 Å². The van der Waals surface area contributed by atoms with Crippen LogP contribution in [0.2, 0.25) is 5.02 Å². The first kappa shape index (κ1) is 11.5. The maximum Gasteiger partial charge on any atom is 0.153 e. The van der Waals surface area contributed by atoms with E-state index in [9.17, 15) is 5.11 Å². The minimum atomic E-state index is -1.11. The monoisotopic (exact) mass is 239 g/mol. The molecule has 1 unspecified atom stereocenters. The van der Waals surface area contributed by atoms with E-state index in [1.807, 2.05) is 19.1 Å². The molecule has 1 heterocycles. The second-order valence-electron chi connectivity index (χ2n) is 3.86. The lowest BCUT2D eigenvalue weighted by molar-refractivity contribution is 0.0213. The third kappa shape index (κ3) is 1.71. The summed E-state index contributed by atoms with van der Waals surface area (Å²) in [6, 6.07) is 7.28. The predicted molar refractivity (Wildman–Crippen MR) is 64.5 cm³/mol. The Morgan fingerprint density at radius 2 is 2.25 bits per heavy atom. The van der Waals surface area contributed by atoms with Gasteiger partial charge in [0.15, 0.2) is 5.58 Å². The fourth-order valence-electron chi connectivity index (χ4n) is 1.68. The number of nitrogens with two attached hydrogens (primary N) is 1. The quantitative estimate of drug-likeness (QED) is 0.866. The Hall–Kier alpha value is -1.03. The Morgan fingerprint density at radius 1 is 1.50 bits per heavy atom. The zero-order valence-corrected chi connectivity index (χ0v) is 9.79. The number of halogens is 1. The van der Waals surface area contributed by atoms with Crippen molar-refractivity contribution in [1.82, 2.24) is 0 Å². The Labute approximate surface area is 98.8 Å². The first-order valence-corrected chi connectivity index (χ1v) is 5.59. The van der Waals surface area contributed by atoms with E-state index in [1.165, 1.54) is 0 Å². The Kier molecular flexibility index (Phi) is 2.93. The minimum Gasteiger partial charge on any atom is -0.456 e. The standard InChI is InChI=1S/C12H14ClNO2/c1-2-12(15,7-14)10-6-8-4-3-5-9(13)11(8)16-10/h3-6,15H,2,7,14H2,1H3. The van der Waals surface area contributed by atoms with E-state index in [0.29, 0.717) is 22.8 Å². The highest BCUT2D eigenvalue weighted by atomic mass is 35.5. The van der Waals surface area contributed by atoms with Crippen LogP contribution in [-0.4, -0.2) is 11.7 Å². The Bertz CT molecular complexity index is 503. The molecule has 0 aliphatic carbocycles. The van der Waals surface area contributed by atoms with Crippen molar-refractivity contribution in [2.45, 2.75) is 18.9 Å². The number of rotatable bonds is 3. The van der Waals surface area contributed by atoms with Gasteiger partial charge in [0.25, 0.3) is 0 Å². The Balaban J connectivity index is 2.59. The molecule has 0 amide bonds. The topological polar surface area (TPSA) is 59.4 Å². The second-order valence-corrected chi connectivity index (χ2v) is 4.27. The molecule has 3 N–H and O–H groups in total. The van der Waals surface area contributed by atoms with Gasteiger partial charge in [-0.3, -0.25) is 0 Å². The van der Waals surface area contributed by atoms with Gasteiger partial charge in [0.2, 0.25) is 0 Å². The summed E-state index contributed by atoms with van der Waals surface area (Å²) in [6.07, 6.45) is 0.501. The third-order valence-electron chi connectivity index (χ3n) is 2.88. The summed E-state index contributed by atoms with van der Waals surface area (Å²) >= 11 is 6.00.